The number of halogens is 24. The van der Waals surface area contributed by atoms with Crippen molar-refractivity contribution < 1.29 is 148 Å². The van der Waals surface area contributed by atoms with Gasteiger partial charge in [-0.25, -0.2) is 9.59 Å². The molecule has 1 heterocycles. The van der Waals surface area contributed by atoms with Crippen molar-refractivity contribution in [2.75, 3.05) is 13.2 Å². The Labute approximate surface area is 633 Å². The number of fused-ring (bicyclic) bond motifs is 22. The lowest BCUT2D eigenvalue weighted by Gasteiger charge is -2.47. The number of aliphatic hydroxyl groups is 1. The monoisotopic (exact) mass is 1650 g/mol. The molecule has 13 fully saturated rings. The smallest absolute Gasteiger partial charge is 0.458 e. The molecule has 0 amide bonds. The molecule has 9 nitrogen and oxygen atoms in total. The number of alkyl halides is 24. The predicted octanol–water partition coefficient (Wildman–Crippen LogP) is 23.3. The van der Waals surface area contributed by atoms with Crippen LogP contribution in [0.25, 0.3) is 0 Å². The van der Waals surface area contributed by atoms with E-state index in [9.17, 15) is 120 Å². The molecular formula is C78H110F24O9. The molecule has 0 spiro atoms. The highest BCUT2D eigenvalue weighted by molar-refractivity contribution is 5.71. The summed E-state index contributed by atoms with van der Waals surface area (Å²) in [5.74, 6) is 2.60. The van der Waals surface area contributed by atoms with Crippen molar-refractivity contribution in [3.63, 3.8) is 0 Å². The van der Waals surface area contributed by atoms with E-state index in [1.54, 1.807) is 0 Å². The normalized spacial score (nSPS) is 39.9. The Balaban J connectivity index is 0.000000158. The van der Waals surface area contributed by atoms with E-state index in [2.05, 4.69) is 41.9 Å². The van der Waals surface area contributed by atoms with Crippen molar-refractivity contribution in [3.05, 3.63) is 0 Å². The average Bonchev–Trinajstić information content (AvgIpc) is 1.54. The fraction of sp³-hybridized carbons (Fsp3) is 0.974. The van der Waals surface area contributed by atoms with Crippen LogP contribution in [0.4, 0.5) is 110 Å². The number of hydrogen-bond acceptors (Lipinski definition) is 9. The Bertz CT molecular complexity index is 3150. The molecule has 12 aliphatic carbocycles. The zero-order valence-electron chi connectivity index (χ0n) is 65.0. The van der Waals surface area contributed by atoms with E-state index in [1.165, 1.54) is 41.5 Å². The first kappa shape index (κ1) is 90.2. The van der Waals surface area contributed by atoms with Crippen molar-refractivity contribution in [2.45, 2.75) is 295 Å². The number of carbonyl (C=O) groups is 2. The fourth-order valence-electron chi connectivity index (χ4n) is 25.5. The lowest BCUT2D eigenvalue weighted by molar-refractivity contribution is -0.416. The van der Waals surface area contributed by atoms with Crippen LogP contribution in [-0.2, 0) is 33.2 Å². The Kier molecular flexibility index (Phi) is 24.6. The second-order valence-electron chi connectivity index (χ2n) is 38.4. The second-order valence-corrected chi connectivity index (χ2v) is 38.4. The molecule has 0 aromatic rings. The highest BCUT2D eigenvalue weighted by atomic mass is 19.4. The van der Waals surface area contributed by atoms with Crippen LogP contribution in [0.1, 0.15) is 206 Å². The van der Waals surface area contributed by atoms with Crippen LogP contribution >= 0.6 is 0 Å². The molecule has 1 N–H and O–H groups in total. The molecule has 29 unspecified atom stereocenters. The molecular weight excluding hydrogens is 1540 g/mol. The van der Waals surface area contributed by atoms with E-state index < -0.39 is 157 Å². The third kappa shape index (κ3) is 16.5. The van der Waals surface area contributed by atoms with Gasteiger partial charge in [-0.2, -0.15) is 105 Å². The van der Waals surface area contributed by atoms with Crippen molar-refractivity contribution >= 4 is 12.1 Å². The SMILES string of the molecule is CC1C(C)C2CC1C1C3CC(CC(O)(C(F)(F)F)C(F)(F)F)C(C3)C21.CC1C(C)C2CC1C1C3CC(CC(OC4CCCCO4)(C(F)(F)F)C(F)(F)F)C(C3)C21.CC1C2CC(CC(OC(=O)OC(C)(C)C)(C(F)(F)F)C(F)(F)F)C(C2)C1C.CC1C2CC(CC(OCC(=O)OC(C)(C)C)(C(F)(F)F)C(F)(F)F)C(C2)C1C. The molecule has 12 bridgehead atoms. The predicted molar refractivity (Wildman–Crippen MR) is 353 cm³/mol. The molecule has 0 aromatic carbocycles. The summed E-state index contributed by atoms with van der Waals surface area (Å²) in [6.45, 7) is 23.7. The summed E-state index contributed by atoms with van der Waals surface area (Å²) in [4.78, 5) is 23.5. The molecule has 29 atom stereocenters. The molecule has 13 aliphatic rings. The quantitative estimate of drug-likeness (QED) is 0.103. The summed E-state index contributed by atoms with van der Waals surface area (Å²) in [6, 6.07) is 0. The van der Waals surface area contributed by atoms with Crippen molar-refractivity contribution in [2.24, 2.45) is 166 Å². The number of ether oxygens (including phenoxy) is 6. The van der Waals surface area contributed by atoms with Gasteiger partial charge in [0, 0.05) is 13.0 Å². The Morgan fingerprint density at radius 1 is 0.342 bits per heavy atom. The molecule has 12 saturated carbocycles. The summed E-state index contributed by atoms with van der Waals surface area (Å²) < 4.78 is 356. The first-order valence-electron chi connectivity index (χ1n) is 39.6. The maximum Gasteiger partial charge on any atom is 0.510 e. The number of rotatable bonds is 14. The molecule has 13 rings (SSSR count). The van der Waals surface area contributed by atoms with E-state index in [0.717, 1.165) is 25.7 Å². The van der Waals surface area contributed by atoms with Crippen LogP contribution in [0.5, 0.6) is 0 Å². The summed E-state index contributed by atoms with van der Waals surface area (Å²) in [6.07, 6.45) is -46.0. The van der Waals surface area contributed by atoms with Gasteiger partial charge in [0.2, 0.25) is 0 Å². The zero-order valence-corrected chi connectivity index (χ0v) is 65.0. The Morgan fingerprint density at radius 2 is 0.667 bits per heavy atom. The molecule has 33 heteroatoms. The summed E-state index contributed by atoms with van der Waals surface area (Å²) in [5, 5.41) is 9.59. The highest BCUT2D eigenvalue weighted by Crippen LogP contribution is 2.75. The minimum Gasteiger partial charge on any atom is -0.458 e. The van der Waals surface area contributed by atoms with Crippen LogP contribution in [0.15, 0.2) is 0 Å². The van der Waals surface area contributed by atoms with E-state index in [0.29, 0.717) is 110 Å². The molecule has 1 saturated heterocycles. The maximum atomic E-state index is 14.2. The van der Waals surface area contributed by atoms with Gasteiger partial charge in [-0.05, 0) is 310 Å². The van der Waals surface area contributed by atoms with E-state index in [4.69, 9.17) is 14.2 Å². The molecule has 1 aliphatic heterocycles. The maximum absolute atomic E-state index is 14.2. The Morgan fingerprint density at radius 3 is 1.00 bits per heavy atom. The first-order valence-corrected chi connectivity index (χ1v) is 39.6. The Hall–Kier alpha value is -3.10. The van der Waals surface area contributed by atoms with Gasteiger partial charge in [0.25, 0.3) is 16.8 Å². The van der Waals surface area contributed by atoms with Crippen LogP contribution in [0.2, 0.25) is 0 Å². The molecule has 111 heavy (non-hydrogen) atoms. The minimum absolute atomic E-state index is 0.0365. The van der Waals surface area contributed by atoms with Crippen LogP contribution in [0, 0.1) is 166 Å². The van der Waals surface area contributed by atoms with Gasteiger partial charge in [-0.3, -0.25) is 0 Å². The van der Waals surface area contributed by atoms with Gasteiger partial charge in [-0.1, -0.05) is 55.4 Å². The third-order valence-electron chi connectivity index (χ3n) is 30.9. The second kappa shape index (κ2) is 30.3. The van der Waals surface area contributed by atoms with Crippen LogP contribution < -0.4 is 0 Å². The summed E-state index contributed by atoms with van der Waals surface area (Å²) in [5.41, 5.74) is -20.0. The molecule has 644 valence electrons. The van der Waals surface area contributed by atoms with Gasteiger partial charge in [0.1, 0.15) is 17.8 Å². The lowest BCUT2D eigenvalue weighted by atomic mass is 9.61. The summed E-state index contributed by atoms with van der Waals surface area (Å²) in [7, 11) is 0. The van der Waals surface area contributed by atoms with Gasteiger partial charge in [-0.15, -0.1) is 0 Å². The third-order valence-corrected chi connectivity index (χ3v) is 30.9. The standard InChI is InChI=1S/C23H32F6O2.C19H28F6O3.C18H26F6O3.C18H24F6O/c1-11-12(2)16-9-15(11)19-13-7-14(17(8-13)20(16)19)10-21(22(24,25)26,23(27,28)29)31-18-5-3-4-6-30-18;1-10-11(2)14-7-12(10)6-13(14)8-17(18(20,21)22,19(23,24)25)27-9-15(26)28-16(3,4)5;1-9-10(2)13-7-11(9)6-12(13)8-16(17(19,20)21,18(22,23)24)27-14(25)26-15(3,4)5;1-7-8(2)12-5-11(7)14-9-3-10(13(4-9)15(12)14)6-16(25,17(19,20)21)18(22,23)24/h11-20H,3-10H2,1-2H3;10-14H,6-9H2,1-5H3;9-13H,6-8H2,1-5H3;7-15,25H,3-6H2,1-2H3. The van der Waals surface area contributed by atoms with Crippen molar-refractivity contribution in [1.29, 1.82) is 0 Å². The molecule has 0 aromatic heterocycles. The first-order chi connectivity index (χ1) is 50.3. The largest absolute Gasteiger partial charge is 0.510 e. The number of esters is 1. The van der Waals surface area contributed by atoms with Gasteiger partial charge >= 0.3 is 67.1 Å². The molecule has 0 radical (unpaired) electrons. The van der Waals surface area contributed by atoms with E-state index in [-0.39, 0.29) is 96.4 Å². The highest BCUT2D eigenvalue weighted by Gasteiger charge is 2.80. The number of carbonyl (C=O) groups excluding carboxylic acids is 2. The van der Waals surface area contributed by atoms with Crippen LogP contribution in [0.3, 0.4) is 0 Å². The lowest BCUT2D eigenvalue weighted by Crippen LogP contribution is -2.62. The fourth-order valence-corrected chi connectivity index (χ4v) is 25.5. The van der Waals surface area contributed by atoms with Crippen LogP contribution in [-0.4, -0.2) is 120 Å². The van der Waals surface area contributed by atoms with Gasteiger partial charge < -0.3 is 33.5 Å². The van der Waals surface area contributed by atoms with E-state index >= 15 is 0 Å². The minimum atomic E-state index is -5.81. The van der Waals surface area contributed by atoms with Crippen molar-refractivity contribution in [3.8, 4) is 0 Å². The topological polar surface area (TPSA) is 110 Å². The number of hydrogen-bond donors (Lipinski definition) is 1. The van der Waals surface area contributed by atoms with Gasteiger partial charge in [0.05, 0.1) is 0 Å². The van der Waals surface area contributed by atoms with Crippen molar-refractivity contribution in [1.82, 2.24) is 0 Å². The average molecular weight is 1650 g/mol. The summed E-state index contributed by atoms with van der Waals surface area (Å²) >= 11 is 0. The van der Waals surface area contributed by atoms with E-state index in [1.807, 2.05) is 27.7 Å². The zero-order chi connectivity index (χ0) is 83.6. The van der Waals surface area contributed by atoms with Gasteiger partial charge in [0.15, 0.2) is 6.29 Å².